The van der Waals surface area contributed by atoms with Crippen molar-refractivity contribution in [2.75, 3.05) is 12.4 Å². The molecule has 7 heteroatoms. The van der Waals surface area contributed by atoms with Gasteiger partial charge in [-0.15, -0.1) is 0 Å². The molecule has 5 rings (SSSR count). The molecule has 36 heavy (non-hydrogen) atoms. The van der Waals surface area contributed by atoms with Crippen molar-refractivity contribution in [1.29, 1.82) is 0 Å². The highest BCUT2D eigenvalue weighted by Gasteiger charge is 2.16. The number of fused-ring (bicyclic) bond motifs is 2. The largest absolute Gasteiger partial charge is 0.309 e. The van der Waals surface area contributed by atoms with Crippen LogP contribution in [0, 0.1) is 18.8 Å². The van der Waals surface area contributed by atoms with E-state index in [0.29, 0.717) is 11.5 Å². The first-order valence-corrected chi connectivity index (χ1v) is 11.7. The zero-order valence-electron chi connectivity index (χ0n) is 20.6. The number of nitrogens with zero attached hydrogens (tertiary/aromatic N) is 4. The average Bonchev–Trinajstić information content (AvgIpc) is 3.27. The number of aryl methyl sites for hydroxylation is 2. The molecular formula is C29H26N6O. The van der Waals surface area contributed by atoms with Crippen LogP contribution in [0.1, 0.15) is 23.7 Å². The zero-order chi connectivity index (χ0) is 25.2. The van der Waals surface area contributed by atoms with E-state index in [1.165, 1.54) is 0 Å². The van der Waals surface area contributed by atoms with Gasteiger partial charge in [0.25, 0.3) is 0 Å². The number of likely N-dealkylation sites (N-methyl/N-ethyl adjacent to an activating group) is 1. The molecule has 5 aromatic rings. The minimum absolute atomic E-state index is 0.163. The van der Waals surface area contributed by atoms with Crippen molar-refractivity contribution in [3.63, 3.8) is 0 Å². The maximum absolute atomic E-state index is 12.5. The van der Waals surface area contributed by atoms with Gasteiger partial charge in [-0.25, -0.2) is 4.98 Å². The Morgan fingerprint density at radius 3 is 2.78 bits per heavy atom. The molecule has 3 heterocycles. The third-order valence-corrected chi connectivity index (χ3v) is 6.31. The summed E-state index contributed by atoms with van der Waals surface area (Å²) >= 11 is 0. The van der Waals surface area contributed by atoms with Gasteiger partial charge in [0.2, 0.25) is 5.91 Å². The van der Waals surface area contributed by atoms with Crippen molar-refractivity contribution in [2.24, 2.45) is 7.05 Å². The van der Waals surface area contributed by atoms with E-state index in [-0.39, 0.29) is 11.9 Å². The maximum Gasteiger partial charge on any atom is 0.242 e. The Hall–Kier alpha value is -4.54. The molecule has 0 aliphatic rings. The van der Waals surface area contributed by atoms with E-state index >= 15 is 0 Å². The van der Waals surface area contributed by atoms with Crippen molar-refractivity contribution in [1.82, 2.24) is 25.1 Å². The number of aromatic nitrogens is 4. The number of anilines is 1. The van der Waals surface area contributed by atoms with E-state index in [1.807, 2.05) is 60.4 Å². The first-order chi connectivity index (χ1) is 17.4. The molecule has 1 unspecified atom stereocenters. The molecule has 2 N–H and O–H groups in total. The van der Waals surface area contributed by atoms with Gasteiger partial charge in [0, 0.05) is 35.1 Å². The second-order valence-corrected chi connectivity index (χ2v) is 8.71. The van der Waals surface area contributed by atoms with Crippen LogP contribution in [0.5, 0.6) is 0 Å². The molecule has 0 fully saturated rings. The van der Waals surface area contributed by atoms with Crippen LogP contribution in [0.15, 0.2) is 67.0 Å². The lowest BCUT2D eigenvalue weighted by Crippen LogP contribution is -2.35. The summed E-state index contributed by atoms with van der Waals surface area (Å²) in [4.78, 5) is 21.6. The summed E-state index contributed by atoms with van der Waals surface area (Å²) in [5.74, 6) is 6.83. The predicted molar refractivity (Wildman–Crippen MR) is 144 cm³/mol. The number of carbonyl (C=O) groups excluding carboxylic acids is 1. The normalized spacial score (nSPS) is 11.8. The van der Waals surface area contributed by atoms with Crippen molar-refractivity contribution in [3.05, 3.63) is 83.8 Å². The van der Waals surface area contributed by atoms with Crippen LogP contribution in [0.25, 0.3) is 32.9 Å². The molecule has 0 spiro atoms. The third-order valence-electron chi connectivity index (χ3n) is 6.31. The summed E-state index contributed by atoms with van der Waals surface area (Å²) in [5, 5.41) is 12.3. The highest BCUT2D eigenvalue weighted by molar-refractivity contribution is 5.98. The van der Waals surface area contributed by atoms with Gasteiger partial charge < -0.3 is 10.6 Å². The minimum Gasteiger partial charge on any atom is -0.309 e. The number of hydrogen-bond acceptors (Lipinski definition) is 5. The molecule has 0 aliphatic heterocycles. The second kappa shape index (κ2) is 9.61. The molecule has 178 valence electrons. The zero-order valence-corrected chi connectivity index (χ0v) is 20.6. The van der Waals surface area contributed by atoms with Crippen LogP contribution in [-0.4, -0.2) is 38.7 Å². The number of hydrogen-bond donors (Lipinski definition) is 2. The lowest BCUT2D eigenvalue weighted by molar-refractivity contribution is -0.117. The Bertz CT molecular complexity index is 1670. The van der Waals surface area contributed by atoms with Gasteiger partial charge >= 0.3 is 0 Å². The minimum atomic E-state index is -0.349. The standard InChI is InChI=1S/C29H26N6O/c1-18-7-13-26-23(17-32-35(26)4)28(18)22-10-14-27(34-29(36)19(2)30-3)33-25(22)12-9-20-8-11-24-21(16-20)6-5-15-31-24/h5-8,10-11,13-17,19,30H,1-4H3,(H,33,34,36). The van der Waals surface area contributed by atoms with E-state index in [0.717, 1.165) is 44.1 Å². The molecule has 1 amide bonds. The van der Waals surface area contributed by atoms with Gasteiger partial charge in [0.05, 0.1) is 23.3 Å². The van der Waals surface area contributed by atoms with E-state index in [4.69, 9.17) is 4.98 Å². The topological polar surface area (TPSA) is 84.7 Å². The van der Waals surface area contributed by atoms with E-state index in [1.54, 1.807) is 20.2 Å². The van der Waals surface area contributed by atoms with Gasteiger partial charge in [0.1, 0.15) is 11.5 Å². The summed E-state index contributed by atoms with van der Waals surface area (Å²) in [7, 11) is 3.67. The van der Waals surface area contributed by atoms with Crippen LogP contribution < -0.4 is 10.6 Å². The third kappa shape index (κ3) is 4.42. The molecule has 2 aromatic carbocycles. The van der Waals surface area contributed by atoms with Crippen molar-refractivity contribution < 1.29 is 4.79 Å². The van der Waals surface area contributed by atoms with E-state index < -0.39 is 0 Å². The molecule has 0 saturated heterocycles. The van der Waals surface area contributed by atoms with Gasteiger partial charge in [-0.3, -0.25) is 14.5 Å². The molecular weight excluding hydrogens is 448 g/mol. The summed E-state index contributed by atoms with van der Waals surface area (Å²) < 4.78 is 1.86. The Morgan fingerprint density at radius 2 is 1.94 bits per heavy atom. The van der Waals surface area contributed by atoms with Crippen molar-refractivity contribution >= 4 is 33.5 Å². The van der Waals surface area contributed by atoms with E-state index in [2.05, 4.69) is 51.6 Å². The fraction of sp³-hybridized carbons (Fsp3) is 0.172. The molecule has 0 bridgehead atoms. The molecule has 3 aromatic heterocycles. The fourth-order valence-corrected chi connectivity index (χ4v) is 4.17. The van der Waals surface area contributed by atoms with Crippen LogP contribution in [-0.2, 0) is 11.8 Å². The lowest BCUT2D eigenvalue weighted by atomic mass is 9.95. The molecule has 0 saturated carbocycles. The molecule has 7 nitrogen and oxygen atoms in total. The van der Waals surface area contributed by atoms with Gasteiger partial charge in [0.15, 0.2) is 0 Å². The van der Waals surface area contributed by atoms with Gasteiger partial charge in [-0.1, -0.05) is 18.1 Å². The Labute approximate surface area is 209 Å². The molecule has 0 aliphatic carbocycles. The SMILES string of the molecule is CNC(C)C(=O)Nc1ccc(-c2c(C)ccc3c2cnn3C)c(C#Cc2ccc3ncccc3c2)n1. The lowest BCUT2D eigenvalue weighted by Gasteiger charge is -2.14. The van der Waals surface area contributed by atoms with E-state index in [9.17, 15) is 4.79 Å². The first-order valence-electron chi connectivity index (χ1n) is 11.7. The predicted octanol–water partition coefficient (Wildman–Crippen LogP) is 4.44. The van der Waals surface area contributed by atoms with Crippen LogP contribution in [0.4, 0.5) is 5.82 Å². The molecule has 0 radical (unpaired) electrons. The Kier molecular flexibility index (Phi) is 6.19. The number of pyridine rings is 2. The van der Waals surface area contributed by atoms with Gasteiger partial charge in [-0.2, -0.15) is 5.10 Å². The smallest absolute Gasteiger partial charge is 0.242 e. The number of amides is 1. The van der Waals surface area contributed by atoms with Crippen LogP contribution in [0.3, 0.4) is 0 Å². The second-order valence-electron chi connectivity index (χ2n) is 8.71. The Morgan fingerprint density at radius 1 is 1.08 bits per heavy atom. The van der Waals surface area contributed by atoms with Crippen LogP contribution >= 0.6 is 0 Å². The highest BCUT2D eigenvalue weighted by Crippen LogP contribution is 2.34. The molecule has 1 atom stereocenters. The maximum atomic E-state index is 12.5. The van der Waals surface area contributed by atoms with Crippen molar-refractivity contribution in [3.8, 4) is 23.0 Å². The first kappa shape index (κ1) is 23.2. The average molecular weight is 475 g/mol. The number of benzene rings is 2. The summed E-state index contributed by atoms with van der Waals surface area (Å²) in [5.41, 5.74) is 6.40. The van der Waals surface area contributed by atoms with Gasteiger partial charge in [-0.05, 0) is 80.4 Å². The monoisotopic (exact) mass is 474 g/mol. The summed E-state index contributed by atoms with van der Waals surface area (Å²) in [6, 6.07) is 17.4. The number of carbonyl (C=O) groups is 1. The highest BCUT2D eigenvalue weighted by atomic mass is 16.2. The summed E-state index contributed by atoms with van der Waals surface area (Å²) in [6.07, 6.45) is 3.65. The Balaban J connectivity index is 1.65. The van der Waals surface area contributed by atoms with Crippen molar-refractivity contribution in [2.45, 2.75) is 19.9 Å². The quantitative estimate of drug-likeness (QED) is 0.376. The van der Waals surface area contributed by atoms with Crippen LogP contribution in [0.2, 0.25) is 0 Å². The summed E-state index contributed by atoms with van der Waals surface area (Å²) in [6.45, 7) is 3.87. The number of nitrogens with one attached hydrogen (secondary N) is 2. The fourth-order valence-electron chi connectivity index (χ4n) is 4.17. The number of rotatable bonds is 4.